The SMILES string of the molecule is C=CCC(C)C(C)C(C)C(=O)C(C)(C)C(C)C. The van der Waals surface area contributed by atoms with Crippen LogP contribution in [0.4, 0.5) is 0 Å². The lowest BCUT2D eigenvalue weighted by Gasteiger charge is -2.34. The number of allylic oxidation sites excluding steroid dienone is 1. The summed E-state index contributed by atoms with van der Waals surface area (Å²) in [6, 6.07) is 0. The van der Waals surface area contributed by atoms with Crippen molar-refractivity contribution in [3.63, 3.8) is 0 Å². The van der Waals surface area contributed by atoms with E-state index in [1.807, 2.05) is 6.08 Å². The van der Waals surface area contributed by atoms with E-state index in [1.54, 1.807) is 0 Å². The number of carbonyl (C=O) groups is 1. The fourth-order valence-electron chi connectivity index (χ4n) is 2.08. The first-order chi connectivity index (χ1) is 7.66. The summed E-state index contributed by atoms with van der Waals surface area (Å²) >= 11 is 0. The fourth-order valence-corrected chi connectivity index (χ4v) is 2.08. The van der Waals surface area contributed by atoms with E-state index in [0.717, 1.165) is 6.42 Å². The van der Waals surface area contributed by atoms with Gasteiger partial charge in [-0.1, -0.05) is 54.5 Å². The largest absolute Gasteiger partial charge is 0.299 e. The highest BCUT2D eigenvalue weighted by molar-refractivity contribution is 5.86. The van der Waals surface area contributed by atoms with Gasteiger partial charge in [0.25, 0.3) is 0 Å². The Hall–Kier alpha value is -0.590. The van der Waals surface area contributed by atoms with E-state index in [1.165, 1.54) is 0 Å². The summed E-state index contributed by atoms with van der Waals surface area (Å²) in [7, 11) is 0. The van der Waals surface area contributed by atoms with Gasteiger partial charge in [0.05, 0.1) is 0 Å². The average Bonchev–Trinajstić information content (AvgIpc) is 2.25. The maximum Gasteiger partial charge on any atom is 0.141 e. The lowest BCUT2D eigenvalue weighted by molar-refractivity contribution is -0.135. The van der Waals surface area contributed by atoms with Crippen LogP contribution in [0.3, 0.4) is 0 Å². The summed E-state index contributed by atoms with van der Waals surface area (Å²) in [5.74, 6) is 1.85. The third-order valence-electron chi connectivity index (χ3n) is 4.72. The minimum atomic E-state index is -0.221. The number of rotatable bonds is 7. The standard InChI is InChI=1S/C16H30O/c1-9-10-12(4)13(5)14(6)15(17)16(7,8)11(2)3/h9,11-14H,1,10H2,2-8H3. The molecule has 1 nitrogen and oxygen atoms in total. The van der Waals surface area contributed by atoms with E-state index in [2.05, 4.69) is 55.0 Å². The Bertz CT molecular complexity index is 263. The van der Waals surface area contributed by atoms with Crippen molar-refractivity contribution in [3.8, 4) is 0 Å². The summed E-state index contributed by atoms with van der Waals surface area (Å²) in [6.45, 7) is 18.7. The minimum absolute atomic E-state index is 0.127. The molecule has 0 amide bonds. The molecule has 0 aliphatic rings. The van der Waals surface area contributed by atoms with Crippen molar-refractivity contribution in [3.05, 3.63) is 12.7 Å². The van der Waals surface area contributed by atoms with E-state index in [4.69, 9.17) is 0 Å². The summed E-state index contributed by atoms with van der Waals surface area (Å²) in [5, 5.41) is 0. The van der Waals surface area contributed by atoms with Crippen molar-refractivity contribution in [2.75, 3.05) is 0 Å². The zero-order valence-electron chi connectivity index (χ0n) is 12.7. The van der Waals surface area contributed by atoms with Gasteiger partial charge in [-0.05, 0) is 24.2 Å². The van der Waals surface area contributed by atoms with Gasteiger partial charge in [0.1, 0.15) is 5.78 Å². The van der Waals surface area contributed by atoms with Gasteiger partial charge in [0.15, 0.2) is 0 Å². The highest BCUT2D eigenvalue weighted by Crippen LogP contribution is 2.35. The Labute approximate surface area is 108 Å². The highest BCUT2D eigenvalue weighted by atomic mass is 16.1. The number of Topliss-reactive ketones (excluding diaryl/α,β-unsaturated/α-hetero) is 1. The lowest BCUT2D eigenvalue weighted by Crippen LogP contribution is -2.37. The lowest BCUT2D eigenvalue weighted by atomic mass is 9.69. The molecule has 0 aliphatic heterocycles. The van der Waals surface area contributed by atoms with Crippen LogP contribution in [0.1, 0.15) is 54.9 Å². The number of carbonyl (C=O) groups excluding carboxylic acids is 1. The van der Waals surface area contributed by atoms with Crippen LogP contribution in [0, 0.1) is 29.1 Å². The van der Waals surface area contributed by atoms with Crippen molar-refractivity contribution in [2.24, 2.45) is 29.1 Å². The van der Waals surface area contributed by atoms with E-state index in [-0.39, 0.29) is 11.3 Å². The molecular weight excluding hydrogens is 208 g/mol. The Morgan fingerprint density at radius 2 is 1.65 bits per heavy atom. The summed E-state index contributed by atoms with van der Waals surface area (Å²) in [5.41, 5.74) is -0.221. The van der Waals surface area contributed by atoms with Gasteiger partial charge >= 0.3 is 0 Å². The highest BCUT2D eigenvalue weighted by Gasteiger charge is 2.37. The van der Waals surface area contributed by atoms with Gasteiger partial charge < -0.3 is 0 Å². The number of hydrogen-bond acceptors (Lipinski definition) is 1. The van der Waals surface area contributed by atoms with Crippen LogP contribution in [0.15, 0.2) is 12.7 Å². The molecule has 0 rings (SSSR count). The molecule has 0 bridgehead atoms. The van der Waals surface area contributed by atoms with Gasteiger partial charge in [-0.2, -0.15) is 0 Å². The molecule has 1 heteroatoms. The van der Waals surface area contributed by atoms with Gasteiger partial charge in [0, 0.05) is 11.3 Å². The third kappa shape index (κ3) is 3.97. The zero-order chi connectivity index (χ0) is 13.8. The van der Waals surface area contributed by atoms with Crippen LogP contribution in [0.2, 0.25) is 0 Å². The van der Waals surface area contributed by atoms with Crippen LogP contribution in [0.5, 0.6) is 0 Å². The third-order valence-corrected chi connectivity index (χ3v) is 4.72. The number of hydrogen-bond donors (Lipinski definition) is 0. The van der Waals surface area contributed by atoms with Crippen LogP contribution in [-0.4, -0.2) is 5.78 Å². The fraction of sp³-hybridized carbons (Fsp3) is 0.812. The summed E-state index contributed by atoms with van der Waals surface area (Å²) in [4.78, 5) is 12.5. The quantitative estimate of drug-likeness (QED) is 0.586. The second kappa shape index (κ2) is 6.37. The van der Waals surface area contributed by atoms with Gasteiger partial charge in [0.2, 0.25) is 0 Å². The molecule has 100 valence electrons. The molecule has 0 saturated carbocycles. The second-order valence-electron chi connectivity index (χ2n) is 6.39. The van der Waals surface area contributed by atoms with Gasteiger partial charge in [-0.25, -0.2) is 0 Å². The molecule has 3 unspecified atom stereocenters. The van der Waals surface area contributed by atoms with E-state index in [9.17, 15) is 4.79 Å². The minimum Gasteiger partial charge on any atom is -0.299 e. The molecule has 0 aromatic heterocycles. The van der Waals surface area contributed by atoms with Crippen molar-refractivity contribution >= 4 is 5.78 Å². The molecule has 0 heterocycles. The monoisotopic (exact) mass is 238 g/mol. The van der Waals surface area contributed by atoms with Crippen LogP contribution >= 0.6 is 0 Å². The molecule has 3 atom stereocenters. The normalized spacial score (nSPS) is 17.6. The smallest absolute Gasteiger partial charge is 0.141 e. The van der Waals surface area contributed by atoms with Gasteiger partial charge in [-0.15, -0.1) is 6.58 Å². The maximum absolute atomic E-state index is 12.5. The maximum atomic E-state index is 12.5. The Morgan fingerprint density at radius 1 is 1.18 bits per heavy atom. The van der Waals surface area contributed by atoms with Crippen molar-refractivity contribution in [2.45, 2.75) is 54.9 Å². The molecule has 0 fully saturated rings. The molecule has 0 saturated heterocycles. The Kier molecular flexibility index (Phi) is 6.15. The predicted molar refractivity (Wildman–Crippen MR) is 75.9 cm³/mol. The topological polar surface area (TPSA) is 17.1 Å². The second-order valence-corrected chi connectivity index (χ2v) is 6.39. The van der Waals surface area contributed by atoms with Crippen LogP contribution in [0.25, 0.3) is 0 Å². The van der Waals surface area contributed by atoms with E-state index >= 15 is 0 Å². The van der Waals surface area contributed by atoms with Crippen LogP contribution in [-0.2, 0) is 4.79 Å². The first-order valence-corrected chi connectivity index (χ1v) is 6.81. The molecule has 0 aliphatic carbocycles. The van der Waals surface area contributed by atoms with Crippen molar-refractivity contribution < 1.29 is 4.79 Å². The Morgan fingerprint density at radius 3 is 2.00 bits per heavy atom. The molecule has 0 spiro atoms. The van der Waals surface area contributed by atoms with Crippen LogP contribution < -0.4 is 0 Å². The average molecular weight is 238 g/mol. The van der Waals surface area contributed by atoms with Gasteiger partial charge in [-0.3, -0.25) is 4.79 Å². The molecule has 0 aromatic carbocycles. The number of ketones is 1. The molecule has 0 aromatic rings. The zero-order valence-corrected chi connectivity index (χ0v) is 12.7. The molecule has 0 N–H and O–H groups in total. The van der Waals surface area contributed by atoms with E-state index in [0.29, 0.717) is 23.5 Å². The first-order valence-electron chi connectivity index (χ1n) is 6.81. The Balaban J connectivity index is 4.76. The molecule has 0 radical (unpaired) electrons. The molecule has 17 heavy (non-hydrogen) atoms. The molecular formula is C16H30O. The summed E-state index contributed by atoms with van der Waals surface area (Å²) < 4.78 is 0. The van der Waals surface area contributed by atoms with E-state index < -0.39 is 0 Å². The van der Waals surface area contributed by atoms with Crippen molar-refractivity contribution in [1.29, 1.82) is 0 Å². The van der Waals surface area contributed by atoms with Crippen molar-refractivity contribution in [1.82, 2.24) is 0 Å². The first kappa shape index (κ1) is 16.4. The summed E-state index contributed by atoms with van der Waals surface area (Å²) in [6.07, 6.45) is 2.94. The predicted octanol–water partition coefficient (Wildman–Crippen LogP) is 4.72.